The van der Waals surface area contributed by atoms with Gasteiger partial charge in [0.1, 0.15) is 23.4 Å². The predicted molar refractivity (Wildman–Crippen MR) is 91.8 cm³/mol. The van der Waals surface area contributed by atoms with Gasteiger partial charge in [-0.3, -0.25) is 4.98 Å². The molecule has 0 spiro atoms. The number of aromatic nitrogens is 2. The molecule has 5 nitrogen and oxygen atoms in total. The van der Waals surface area contributed by atoms with Gasteiger partial charge in [0.25, 0.3) is 0 Å². The van der Waals surface area contributed by atoms with Crippen LogP contribution in [-0.2, 0) is 0 Å². The van der Waals surface area contributed by atoms with Gasteiger partial charge in [0.05, 0.1) is 11.8 Å². The second-order valence-corrected chi connectivity index (χ2v) is 5.38. The van der Waals surface area contributed by atoms with E-state index in [1.807, 2.05) is 42.5 Å². The van der Waals surface area contributed by atoms with E-state index in [1.165, 1.54) is 0 Å². The van der Waals surface area contributed by atoms with Crippen LogP contribution in [0.25, 0.3) is 10.9 Å². The molecule has 0 bridgehead atoms. The molecule has 0 unspecified atom stereocenters. The van der Waals surface area contributed by atoms with E-state index in [-0.39, 0.29) is 11.8 Å². The summed E-state index contributed by atoms with van der Waals surface area (Å²) in [5, 5.41) is 14.7. The van der Waals surface area contributed by atoms with Crippen molar-refractivity contribution in [2.45, 2.75) is 6.04 Å². The summed E-state index contributed by atoms with van der Waals surface area (Å²) in [5.74, 6) is 1.56. The van der Waals surface area contributed by atoms with Crippen LogP contribution >= 0.6 is 0 Å². The lowest BCUT2D eigenvalue weighted by Gasteiger charge is -2.20. The Morgan fingerprint density at radius 1 is 0.917 bits per heavy atom. The molecule has 0 saturated heterocycles. The number of fused-ring (bicyclic) bond motifs is 1. The highest BCUT2D eigenvalue weighted by Gasteiger charge is 2.23. The molecule has 1 atom stereocenters. The van der Waals surface area contributed by atoms with Crippen LogP contribution in [0.5, 0.6) is 5.75 Å². The van der Waals surface area contributed by atoms with Crippen LogP contribution in [-0.4, -0.2) is 15.1 Å². The van der Waals surface area contributed by atoms with Crippen molar-refractivity contribution >= 4 is 16.7 Å². The average Bonchev–Trinajstić information content (AvgIpc) is 3.15. The van der Waals surface area contributed by atoms with Gasteiger partial charge in [-0.25, -0.2) is 4.98 Å². The van der Waals surface area contributed by atoms with Crippen molar-refractivity contribution in [3.63, 3.8) is 0 Å². The van der Waals surface area contributed by atoms with E-state index in [0.717, 1.165) is 10.9 Å². The number of hydrogen-bond donors (Lipinski definition) is 2. The van der Waals surface area contributed by atoms with Crippen molar-refractivity contribution in [3.05, 3.63) is 84.6 Å². The van der Waals surface area contributed by atoms with E-state index in [2.05, 4.69) is 15.3 Å². The first-order chi connectivity index (χ1) is 11.8. The van der Waals surface area contributed by atoms with Crippen LogP contribution in [0.3, 0.4) is 0 Å². The molecule has 5 heteroatoms. The number of furan rings is 1. The van der Waals surface area contributed by atoms with Gasteiger partial charge in [-0.05, 0) is 42.5 Å². The number of phenols is 1. The van der Waals surface area contributed by atoms with Crippen LogP contribution in [0.4, 0.5) is 5.82 Å². The van der Waals surface area contributed by atoms with Crippen molar-refractivity contribution in [1.29, 1.82) is 0 Å². The van der Waals surface area contributed by atoms with Gasteiger partial charge in [-0.15, -0.1) is 0 Å². The van der Waals surface area contributed by atoms with E-state index in [0.29, 0.717) is 17.1 Å². The van der Waals surface area contributed by atoms with Crippen LogP contribution in [0.15, 0.2) is 77.7 Å². The summed E-state index contributed by atoms with van der Waals surface area (Å²) < 4.78 is 5.60. The first-order valence-corrected chi connectivity index (χ1v) is 7.60. The Kier molecular flexibility index (Phi) is 3.59. The lowest BCUT2D eigenvalue weighted by molar-refractivity contribution is 0.455. The molecule has 0 radical (unpaired) electrons. The highest BCUT2D eigenvalue weighted by Crippen LogP contribution is 2.37. The number of aromatic hydroxyl groups is 1. The van der Waals surface area contributed by atoms with Gasteiger partial charge in [0.15, 0.2) is 0 Å². The predicted octanol–water partition coefficient (Wildman–Crippen LogP) is 4.13. The maximum Gasteiger partial charge on any atom is 0.130 e. The lowest BCUT2D eigenvalue weighted by atomic mass is 9.98. The van der Waals surface area contributed by atoms with Gasteiger partial charge in [-0.1, -0.05) is 12.1 Å². The summed E-state index contributed by atoms with van der Waals surface area (Å²) in [6.45, 7) is 0. The molecule has 0 aliphatic heterocycles. The molecule has 4 rings (SSSR count). The third-order valence-electron chi connectivity index (χ3n) is 3.88. The Morgan fingerprint density at radius 3 is 2.62 bits per heavy atom. The summed E-state index contributed by atoms with van der Waals surface area (Å²) in [7, 11) is 0. The summed E-state index contributed by atoms with van der Waals surface area (Å²) in [6.07, 6.45) is 5.06. The smallest absolute Gasteiger partial charge is 0.130 e. The highest BCUT2D eigenvalue weighted by atomic mass is 16.3. The van der Waals surface area contributed by atoms with E-state index < -0.39 is 0 Å². The average molecular weight is 317 g/mol. The molecule has 0 amide bonds. The number of benzene rings is 1. The van der Waals surface area contributed by atoms with Crippen LogP contribution < -0.4 is 5.32 Å². The van der Waals surface area contributed by atoms with Crippen LogP contribution in [0, 0.1) is 0 Å². The zero-order chi connectivity index (χ0) is 16.4. The third-order valence-corrected chi connectivity index (χ3v) is 3.88. The van der Waals surface area contributed by atoms with Crippen LogP contribution in [0.2, 0.25) is 0 Å². The minimum Gasteiger partial charge on any atom is -0.508 e. The Balaban J connectivity index is 1.90. The van der Waals surface area contributed by atoms with E-state index >= 15 is 0 Å². The maximum atomic E-state index is 10.5. The van der Waals surface area contributed by atoms with Gasteiger partial charge in [0, 0.05) is 23.3 Å². The Morgan fingerprint density at radius 2 is 1.83 bits per heavy atom. The number of nitrogens with one attached hydrogen (secondary N) is 1. The van der Waals surface area contributed by atoms with Crippen molar-refractivity contribution in [2.24, 2.45) is 0 Å². The first kappa shape index (κ1) is 14.3. The number of pyridine rings is 2. The SMILES string of the molecule is Oc1ccc2ncccc2c1[C@H](Nc1ccccn1)c1ccco1. The molecular formula is C19H15N3O2. The van der Waals surface area contributed by atoms with Gasteiger partial charge in [-0.2, -0.15) is 0 Å². The molecule has 3 aromatic heterocycles. The lowest BCUT2D eigenvalue weighted by Crippen LogP contribution is -2.13. The molecule has 3 heterocycles. The van der Waals surface area contributed by atoms with Crippen molar-refractivity contribution in [3.8, 4) is 5.75 Å². The standard InChI is InChI=1S/C19H15N3O2/c23-15-9-8-14-13(5-3-11-20-14)18(15)19(16-6-4-12-24-16)22-17-7-1-2-10-21-17/h1-12,19,23H,(H,21,22)/t19-/m1/s1. The number of hydrogen-bond acceptors (Lipinski definition) is 5. The van der Waals surface area contributed by atoms with Crippen molar-refractivity contribution in [2.75, 3.05) is 5.32 Å². The van der Waals surface area contributed by atoms with Gasteiger partial charge >= 0.3 is 0 Å². The topological polar surface area (TPSA) is 71.2 Å². The second kappa shape index (κ2) is 6.04. The molecule has 118 valence electrons. The normalized spacial score (nSPS) is 12.2. The number of phenolic OH excluding ortho intramolecular Hbond substituents is 1. The summed E-state index contributed by atoms with van der Waals surface area (Å²) in [6, 6.07) is 16.2. The fourth-order valence-electron chi connectivity index (χ4n) is 2.80. The van der Waals surface area contributed by atoms with Crippen molar-refractivity contribution in [1.82, 2.24) is 9.97 Å². The van der Waals surface area contributed by atoms with Crippen LogP contribution in [0.1, 0.15) is 17.4 Å². The van der Waals surface area contributed by atoms with Crippen molar-refractivity contribution < 1.29 is 9.52 Å². The minimum atomic E-state index is -0.386. The van der Waals surface area contributed by atoms with Gasteiger partial charge < -0.3 is 14.8 Å². The molecule has 2 N–H and O–H groups in total. The number of anilines is 1. The zero-order valence-corrected chi connectivity index (χ0v) is 12.8. The minimum absolute atomic E-state index is 0.181. The third kappa shape index (κ3) is 2.56. The molecule has 24 heavy (non-hydrogen) atoms. The molecule has 0 fully saturated rings. The molecule has 4 aromatic rings. The quantitative estimate of drug-likeness (QED) is 0.592. The molecule has 0 aliphatic rings. The number of nitrogens with zero attached hydrogens (tertiary/aromatic N) is 2. The molecule has 1 aromatic carbocycles. The largest absolute Gasteiger partial charge is 0.508 e. The fourth-order valence-corrected chi connectivity index (χ4v) is 2.80. The monoisotopic (exact) mass is 317 g/mol. The highest BCUT2D eigenvalue weighted by molar-refractivity contribution is 5.85. The summed E-state index contributed by atoms with van der Waals surface area (Å²) >= 11 is 0. The molecular weight excluding hydrogens is 302 g/mol. The van der Waals surface area contributed by atoms with Gasteiger partial charge in [0.2, 0.25) is 0 Å². The molecule has 0 aliphatic carbocycles. The number of rotatable bonds is 4. The van der Waals surface area contributed by atoms with E-state index in [9.17, 15) is 5.11 Å². The van der Waals surface area contributed by atoms with E-state index in [1.54, 1.807) is 30.8 Å². The summed E-state index contributed by atoms with van der Waals surface area (Å²) in [5.41, 5.74) is 1.52. The van der Waals surface area contributed by atoms with E-state index in [4.69, 9.17) is 4.42 Å². The summed E-state index contributed by atoms with van der Waals surface area (Å²) in [4.78, 5) is 8.68. The first-order valence-electron chi connectivity index (χ1n) is 7.60. The maximum absolute atomic E-state index is 10.5. The Labute approximate surface area is 138 Å². The zero-order valence-electron chi connectivity index (χ0n) is 12.8. The molecule has 0 saturated carbocycles. The fraction of sp³-hybridized carbons (Fsp3) is 0.0526. The second-order valence-electron chi connectivity index (χ2n) is 5.38. The Hall–Kier alpha value is -3.34. The Bertz CT molecular complexity index is 953.